The molecule has 3 aromatic rings. The predicted octanol–water partition coefficient (Wildman–Crippen LogP) is 7.36. The molecule has 2 radical (unpaired) electrons. The number of likely N-dealkylation sites (N-methyl/N-ethyl adjacent to an activating group) is 1. The van der Waals surface area contributed by atoms with Crippen LogP contribution in [0.1, 0.15) is 31.7 Å². The molecule has 5 rings (SSSR count). The first-order valence-electron chi connectivity index (χ1n) is 11.3. The molecule has 3 aromatic carbocycles. The minimum atomic E-state index is -0.632. The molecule has 2 nitrogen and oxygen atoms in total. The van der Waals surface area contributed by atoms with Gasteiger partial charge in [0, 0.05) is 28.9 Å². The second-order valence-corrected chi connectivity index (χ2v) is 9.71. The lowest BCUT2D eigenvalue weighted by molar-refractivity contribution is 0.773. The average Bonchev–Trinajstić information content (AvgIpc) is 3.08. The van der Waals surface area contributed by atoms with E-state index in [0.717, 1.165) is 19.3 Å². The Labute approximate surface area is 197 Å². The summed E-state index contributed by atoms with van der Waals surface area (Å²) in [4.78, 5) is 5.82. The van der Waals surface area contributed by atoms with Gasteiger partial charge in [0.2, 0.25) is 0 Å². The van der Waals surface area contributed by atoms with Crippen LogP contribution in [0.2, 0.25) is 0 Å². The summed E-state index contributed by atoms with van der Waals surface area (Å²) in [6.45, 7) is 2.25. The van der Waals surface area contributed by atoms with Crippen molar-refractivity contribution in [1.82, 2.24) is 0 Å². The summed E-state index contributed by atoms with van der Waals surface area (Å²) in [6.07, 6.45) is 7.92. The molecule has 0 saturated heterocycles. The minimum absolute atomic E-state index is 0.632. The van der Waals surface area contributed by atoms with Gasteiger partial charge in [-0.05, 0) is 54.8 Å². The maximum absolute atomic E-state index is 7.00. The highest BCUT2D eigenvalue weighted by molar-refractivity contribution is 8.02. The van der Waals surface area contributed by atoms with Gasteiger partial charge < -0.3 is 9.80 Å². The van der Waals surface area contributed by atoms with Crippen molar-refractivity contribution in [3.63, 3.8) is 0 Å². The second kappa shape index (κ2) is 8.59. The Kier molecular flexibility index (Phi) is 5.65. The van der Waals surface area contributed by atoms with E-state index in [-0.39, 0.29) is 0 Å². The Balaban J connectivity index is 1.63. The van der Waals surface area contributed by atoms with Crippen LogP contribution in [0.5, 0.6) is 0 Å². The summed E-state index contributed by atoms with van der Waals surface area (Å²) in [5.41, 5.74) is 7.31. The molecule has 0 aromatic heterocycles. The van der Waals surface area contributed by atoms with E-state index in [2.05, 4.69) is 115 Å². The summed E-state index contributed by atoms with van der Waals surface area (Å²) in [5, 5.41) is 0. The molecule has 2 aliphatic rings. The fraction of sp³-hybridized carbons (Fsp3) is 0.214. The van der Waals surface area contributed by atoms with E-state index in [4.69, 9.17) is 7.85 Å². The number of hydrogen-bond acceptors (Lipinski definition) is 3. The van der Waals surface area contributed by atoms with Crippen LogP contribution in [0.3, 0.4) is 0 Å². The number of nitrogens with zero attached hydrogens (tertiary/aromatic N) is 2. The number of rotatable bonds is 5. The molecule has 0 saturated carbocycles. The Bertz CT molecular complexity index is 1190. The molecule has 32 heavy (non-hydrogen) atoms. The summed E-state index contributed by atoms with van der Waals surface area (Å²) in [7, 11) is 9.09. The van der Waals surface area contributed by atoms with Crippen LogP contribution < -0.4 is 9.80 Å². The van der Waals surface area contributed by atoms with Crippen LogP contribution in [0.4, 0.5) is 17.1 Å². The van der Waals surface area contributed by atoms with Crippen molar-refractivity contribution in [2.45, 2.75) is 35.9 Å². The zero-order valence-electron chi connectivity index (χ0n) is 18.7. The van der Waals surface area contributed by atoms with Crippen molar-refractivity contribution in [3.8, 4) is 0 Å². The van der Waals surface area contributed by atoms with Crippen molar-refractivity contribution in [2.75, 3.05) is 16.8 Å². The van der Waals surface area contributed by atoms with Crippen molar-refractivity contribution >= 4 is 42.2 Å². The Morgan fingerprint density at radius 1 is 0.906 bits per heavy atom. The maximum atomic E-state index is 7.00. The fourth-order valence-electron chi connectivity index (χ4n) is 4.54. The molecule has 1 unspecified atom stereocenters. The Morgan fingerprint density at radius 2 is 1.59 bits per heavy atom. The molecule has 0 bridgehead atoms. The molecule has 0 fully saturated rings. The van der Waals surface area contributed by atoms with Gasteiger partial charge in [0.25, 0.3) is 0 Å². The second-order valence-electron chi connectivity index (χ2n) is 8.41. The smallest absolute Gasteiger partial charge is 0.125 e. The third-order valence-corrected chi connectivity index (χ3v) is 7.54. The highest BCUT2D eigenvalue weighted by Gasteiger charge is 2.37. The van der Waals surface area contributed by atoms with Gasteiger partial charge >= 0.3 is 0 Å². The number of unbranched alkanes of at least 4 members (excludes halogenated alkanes) is 1. The normalized spacial score (nSPS) is 20.8. The van der Waals surface area contributed by atoms with E-state index in [9.17, 15) is 0 Å². The highest BCUT2D eigenvalue weighted by Crippen LogP contribution is 2.50. The molecular weight excluding hydrogens is 407 g/mol. The van der Waals surface area contributed by atoms with Gasteiger partial charge in [-0.2, -0.15) is 0 Å². The molecule has 2 heterocycles. The average molecular weight is 434 g/mol. The van der Waals surface area contributed by atoms with E-state index in [1.54, 1.807) is 11.8 Å². The number of hydrogen-bond donors (Lipinski definition) is 0. The standard InChI is InChI=1S/C28H27BN2S/c1-3-4-12-23-19-21(20-28(29)30(2)26-17-10-11-18-27(26)32-28)24-15-8-9-16-25(24)31(23)22-13-6-5-7-14-22/h5-11,13-20H,3-4,12H2,1-2H3/b21-20-. The molecule has 0 amide bonds. The summed E-state index contributed by atoms with van der Waals surface area (Å²) >= 11 is 1.72. The molecule has 0 spiro atoms. The number of anilines is 3. The third-order valence-electron chi connectivity index (χ3n) is 6.25. The lowest BCUT2D eigenvalue weighted by Crippen LogP contribution is -2.39. The number of fused-ring (bicyclic) bond motifs is 2. The van der Waals surface area contributed by atoms with Gasteiger partial charge in [0.15, 0.2) is 0 Å². The third kappa shape index (κ3) is 3.67. The Morgan fingerprint density at radius 3 is 2.34 bits per heavy atom. The van der Waals surface area contributed by atoms with Gasteiger partial charge in [-0.1, -0.05) is 68.0 Å². The van der Waals surface area contributed by atoms with Crippen LogP contribution in [0.25, 0.3) is 5.57 Å². The van der Waals surface area contributed by atoms with Crippen molar-refractivity contribution in [3.05, 3.63) is 102 Å². The topological polar surface area (TPSA) is 6.48 Å². The summed E-state index contributed by atoms with van der Waals surface area (Å²) < 4.78 is -0.632. The van der Waals surface area contributed by atoms with Crippen molar-refractivity contribution < 1.29 is 0 Å². The SMILES string of the molecule is [B]C1(/C=C2/C=C(CCCC)N(c3ccccc3)c3ccccc32)Sc2ccccc2N1C. The lowest BCUT2D eigenvalue weighted by atomic mass is 9.86. The number of thioether (sulfide) groups is 1. The number of allylic oxidation sites excluding steroid dienone is 3. The molecule has 0 aliphatic carbocycles. The molecule has 4 heteroatoms. The zero-order valence-corrected chi connectivity index (χ0v) is 19.5. The fourth-order valence-corrected chi connectivity index (χ4v) is 5.76. The van der Waals surface area contributed by atoms with Crippen molar-refractivity contribution in [1.29, 1.82) is 0 Å². The van der Waals surface area contributed by atoms with Crippen molar-refractivity contribution in [2.24, 2.45) is 0 Å². The highest BCUT2D eigenvalue weighted by atomic mass is 32.2. The molecular formula is C28H27BN2S. The largest absolute Gasteiger partial charge is 0.364 e. The van der Waals surface area contributed by atoms with Gasteiger partial charge in [0.05, 0.1) is 16.1 Å². The van der Waals surface area contributed by atoms with E-state index in [1.165, 1.54) is 38.8 Å². The van der Waals surface area contributed by atoms with Crippen LogP contribution in [0, 0.1) is 0 Å². The number of para-hydroxylation sites is 3. The Hall–Kier alpha value is -2.85. The van der Waals surface area contributed by atoms with Crippen LogP contribution in [-0.2, 0) is 0 Å². The van der Waals surface area contributed by atoms with E-state index < -0.39 is 4.77 Å². The predicted molar refractivity (Wildman–Crippen MR) is 140 cm³/mol. The number of benzene rings is 3. The van der Waals surface area contributed by atoms with Gasteiger partial charge in [-0.25, -0.2) is 0 Å². The summed E-state index contributed by atoms with van der Waals surface area (Å²) in [5.74, 6) is 0. The molecule has 0 N–H and O–H groups in total. The minimum Gasteiger partial charge on any atom is -0.364 e. The van der Waals surface area contributed by atoms with Crippen LogP contribution >= 0.6 is 11.8 Å². The zero-order chi connectivity index (χ0) is 22.1. The molecule has 1 atom stereocenters. The van der Waals surface area contributed by atoms with E-state index in [1.807, 2.05) is 0 Å². The lowest BCUT2D eigenvalue weighted by Gasteiger charge is -2.36. The molecule has 2 aliphatic heterocycles. The van der Waals surface area contributed by atoms with Gasteiger partial charge in [-0.3, -0.25) is 0 Å². The first-order valence-corrected chi connectivity index (χ1v) is 12.1. The molecule has 158 valence electrons. The summed E-state index contributed by atoms with van der Waals surface area (Å²) in [6, 6.07) is 27.8. The van der Waals surface area contributed by atoms with E-state index in [0.29, 0.717) is 0 Å². The van der Waals surface area contributed by atoms with Gasteiger partial charge in [0.1, 0.15) is 7.85 Å². The van der Waals surface area contributed by atoms with Crippen LogP contribution in [0.15, 0.2) is 102 Å². The monoisotopic (exact) mass is 434 g/mol. The van der Waals surface area contributed by atoms with Gasteiger partial charge in [-0.15, -0.1) is 11.8 Å². The quantitative estimate of drug-likeness (QED) is 0.388. The first-order chi connectivity index (χ1) is 15.6. The maximum Gasteiger partial charge on any atom is 0.125 e. The van der Waals surface area contributed by atoms with E-state index >= 15 is 0 Å². The first kappa shape index (κ1) is 21.0. The van der Waals surface area contributed by atoms with Crippen LogP contribution in [-0.4, -0.2) is 19.7 Å².